The number of carbonyl (C=O) groups excluding carboxylic acids is 1. The van der Waals surface area contributed by atoms with Gasteiger partial charge in [-0.05, 0) is 19.3 Å². The molecule has 0 bridgehead atoms. The predicted molar refractivity (Wildman–Crippen MR) is 86.3 cm³/mol. The molecule has 0 aromatic carbocycles. The van der Waals surface area contributed by atoms with Crippen LogP contribution in [0.5, 0.6) is 0 Å². The van der Waals surface area contributed by atoms with E-state index in [0.29, 0.717) is 52.4 Å². The molecule has 6 nitrogen and oxygen atoms in total. The van der Waals surface area contributed by atoms with Crippen molar-refractivity contribution in [3.8, 4) is 0 Å². The third kappa shape index (κ3) is 11.9. The van der Waals surface area contributed by atoms with Crippen LogP contribution in [-0.4, -0.2) is 64.9 Å². The topological polar surface area (TPSA) is 63.2 Å². The van der Waals surface area contributed by atoms with Crippen molar-refractivity contribution in [2.75, 3.05) is 52.9 Å². The van der Waals surface area contributed by atoms with Gasteiger partial charge < -0.3 is 23.7 Å². The van der Waals surface area contributed by atoms with Gasteiger partial charge in [-0.3, -0.25) is 0 Å². The second-order valence-electron chi connectivity index (χ2n) is 4.99. The van der Waals surface area contributed by atoms with E-state index in [2.05, 4.69) is 18.7 Å². The van der Waals surface area contributed by atoms with Crippen molar-refractivity contribution in [3.63, 3.8) is 0 Å². The van der Waals surface area contributed by atoms with E-state index in [0.717, 1.165) is 25.3 Å². The molecule has 1 atom stereocenters. The van der Waals surface area contributed by atoms with E-state index in [4.69, 9.17) is 23.7 Å². The van der Waals surface area contributed by atoms with Crippen molar-refractivity contribution < 1.29 is 28.5 Å². The molecule has 1 unspecified atom stereocenters. The van der Waals surface area contributed by atoms with Crippen LogP contribution in [0.3, 0.4) is 0 Å². The number of rotatable bonds is 14. The number of esters is 1. The summed E-state index contributed by atoms with van der Waals surface area (Å²) in [5, 5.41) is 0. The van der Waals surface area contributed by atoms with Crippen LogP contribution in [-0.2, 0) is 28.5 Å². The minimum atomic E-state index is -0.439. The van der Waals surface area contributed by atoms with Crippen LogP contribution in [0.2, 0.25) is 0 Å². The molecule has 0 saturated carbocycles. The van der Waals surface area contributed by atoms with Crippen molar-refractivity contribution in [1.29, 1.82) is 0 Å². The highest BCUT2D eigenvalue weighted by Gasteiger charge is 2.09. The maximum Gasteiger partial charge on any atom is 0.330 e. The van der Waals surface area contributed by atoms with Gasteiger partial charge in [0.2, 0.25) is 0 Å². The van der Waals surface area contributed by atoms with Gasteiger partial charge in [-0.15, -0.1) is 0 Å². The van der Waals surface area contributed by atoms with Gasteiger partial charge in [-0.25, -0.2) is 4.79 Å². The van der Waals surface area contributed by atoms with E-state index in [1.54, 1.807) is 0 Å². The molecule has 0 aromatic rings. The molecule has 0 radical (unpaired) electrons. The summed E-state index contributed by atoms with van der Waals surface area (Å²) in [4.78, 5) is 10.7. The Morgan fingerprint density at radius 1 is 0.957 bits per heavy atom. The Morgan fingerprint density at radius 3 is 2.13 bits per heavy atom. The zero-order chi connectivity index (χ0) is 16.6. The Labute approximate surface area is 138 Å². The number of hydrogen-bond acceptors (Lipinski definition) is 6. The van der Waals surface area contributed by atoms with E-state index >= 15 is 0 Å². The van der Waals surface area contributed by atoms with Gasteiger partial charge in [0.25, 0.3) is 0 Å². The Morgan fingerprint density at radius 2 is 1.57 bits per heavy atom. The molecule has 0 fully saturated rings. The maximum atomic E-state index is 10.7. The van der Waals surface area contributed by atoms with Crippen LogP contribution in [0.25, 0.3) is 0 Å². The minimum Gasteiger partial charge on any atom is -0.460 e. The molecule has 0 saturated heterocycles. The van der Waals surface area contributed by atoms with Gasteiger partial charge in [0.05, 0.1) is 52.4 Å². The molecular weight excluding hydrogens is 300 g/mol. The van der Waals surface area contributed by atoms with Crippen LogP contribution < -0.4 is 0 Å². The average molecular weight is 328 g/mol. The minimum absolute atomic E-state index is 0.227. The summed E-state index contributed by atoms with van der Waals surface area (Å²) in [6.07, 6.45) is 9.07. The molecule has 0 aliphatic heterocycles. The van der Waals surface area contributed by atoms with Crippen LogP contribution >= 0.6 is 0 Å². The Balaban J connectivity index is 1.72. The van der Waals surface area contributed by atoms with E-state index in [1.165, 1.54) is 0 Å². The Kier molecular flexibility index (Phi) is 12.4. The highest BCUT2D eigenvalue weighted by Crippen LogP contribution is 2.13. The van der Waals surface area contributed by atoms with Gasteiger partial charge in [-0.1, -0.05) is 18.7 Å². The summed E-state index contributed by atoms with van der Waals surface area (Å²) in [5.74, 6) is -0.439. The fourth-order valence-electron chi connectivity index (χ4n) is 1.99. The lowest BCUT2D eigenvalue weighted by Crippen LogP contribution is -2.18. The summed E-state index contributed by atoms with van der Waals surface area (Å²) < 4.78 is 26.5. The number of hydrogen-bond donors (Lipinski definition) is 0. The molecule has 6 heteroatoms. The van der Waals surface area contributed by atoms with Crippen LogP contribution in [0.15, 0.2) is 24.8 Å². The molecule has 0 aromatic heterocycles. The fraction of sp³-hybridized carbons (Fsp3) is 0.706. The third-order valence-corrected chi connectivity index (χ3v) is 3.18. The van der Waals surface area contributed by atoms with Crippen LogP contribution in [0.1, 0.15) is 19.3 Å². The summed E-state index contributed by atoms with van der Waals surface area (Å²) in [6, 6.07) is 0. The molecular formula is C17H28O6. The molecule has 0 N–H and O–H groups in total. The third-order valence-electron chi connectivity index (χ3n) is 3.18. The number of carbonyl (C=O) groups is 1. The first-order valence-corrected chi connectivity index (χ1v) is 8.12. The van der Waals surface area contributed by atoms with Gasteiger partial charge in [-0.2, -0.15) is 0 Å². The lowest BCUT2D eigenvalue weighted by atomic mass is 10.1. The van der Waals surface area contributed by atoms with Gasteiger partial charge >= 0.3 is 5.97 Å². The van der Waals surface area contributed by atoms with Gasteiger partial charge in [0.15, 0.2) is 0 Å². The Bertz CT molecular complexity index is 342. The van der Waals surface area contributed by atoms with E-state index < -0.39 is 5.97 Å². The quantitative estimate of drug-likeness (QED) is 0.210. The molecule has 23 heavy (non-hydrogen) atoms. The van der Waals surface area contributed by atoms with E-state index in [-0.39, 0.29) is 6.61 Å². The van der Waals surface area contributed by atoms with Crippen molar-refractivity contribution in [1.82, 2.24) is 0 Å². The van der Waals surface area contributed by atoms with Crippen molar-refractivity contribution in [2.24, 2.45) is 0 Å². The summed E-state index contributed by atoms with van der Waals surface area (Å²) >= 11 is 0. The summed E-state index contributed by atoms with van der Waals surface area (Å²) in [6.45, 7) is 7.13. The van der Waals surface area contributed by atoms with Crippen LogP contribution in [0, 0.1) is 0 Å². The first kappa shape index (κ1) is 19.8. The summed E-state index contributed by atoms with van der Waals surface area (Å²) in [5.41, 5.74) is 0. The summed E-state index contributed by atoms with van der Waals surface area (Å²) in [7, 11) is 0. The predicted octanol–water partition coefficient (Wildman–Crippen LogP) is 1.89. The normalized spacial score (nSPS) is 17.1. The molecule has 1 aliphatic carbocycles. The van der Waals surface area contributed by atoms with E-state index in [9.17, 15) is 4.79 Å². The zero-order valence-corrected chi connectivity index (χ0v) is 13.7. The highest BCUT2D eigenvalue weighted by molar-refractivity contribution is 5.81. The van der Waals surface area contributed by atoms with Crippen molar-refractivity contribution >= 4 is 5.97 Å². The van der Waals surface area contributed by atoms with Crippen molar-refractivity contribution in [3.05, 3.63) is 24.8 Å². The number of allylic oxidation sites excluding steroid dienone is 1. The average Bonchev–Trinajstić information content (AvgIpc) is 2.59. The highest BCUT2D eigenvalue weighted by atomic mass is 16.6. The second-order valence-corrected chi connectivity index (χ2v) is 4.99. The molecule has 132 valence electrons. The molecule has 0 amide bonds. The SMILES string of the molecule is C=CC(=O)OCCOCCOCCOCCOC1CC=CCC1. The smallest absolute Gasteiger partial charge is 0.330 e. The maximum absolute atomic E-state index is 10.7. The monoisotopic (exact) mass is 328 g/mol. The van der Waals surface area contributed by atoms with Crippen molar-refractivity contribution in [2.45, 2.75) is 25.4 Å². The second kappa shape index (κ2) is 14.4. The first-order valence-electron chi connectivity index (χ1n) is 8.12. The Hall–Kier alpha value is -1.21. The van der Waals surface area contributed by atoms with Gasteiger partial charge in [0.1, 0.15) is 6.61 Å². The molecule has 0 spiro atoms. The van der Waals surface area contributed by atoms with Gasteiger partial charge in [0, 0.05) is 6.08 Å². The molecule has 1 rings (SSSR count). The number of ether oxygens (including phenoxy) is 5. The fourth-order valence-corrected chi connectivity index (χ4v) is 1.99. The standard InChI is InChI=1S/C17H28O6/c1-2-17(18)23-15-13-21-11-9-19-8-10-20-12-14-22-16-6-4-3-5-7-16/h2-4,16H,1,5-15H2. The first-order chi connectivity index (χ1) is 11.3. The largest absolute Gasteiger partial charge is 0.460 e. The molecule has 1 aliphatic rings. The van der Waals surface area contributed by atoms with E-state index in [1.807, 2.05) is 0 Å². The zero-order valence-electron chi connectivity index (χ0n) is 13.7. The lowest BCUT2D eigenvalue weighted by Gasteiger charge is -2.18. The molecule has 0 heterocycles. The van der Waals surface area contributed by atoms with Crippen LogP contribution in [0.4, 0.5) is 0 Å². The lowest BCUT2D eigenvalue weighted by molar-refractivity contribution is -0.139.